The molecule has 0 saturated carbocycles. The number of aliphatic imine (C=N–C) groups is 1. The third-order valence-corrected chi connectivity index (χ3v) is 5.44. The molecule has 0 radical (unpaired) electrons. The maximum atomic E-state index is 12.5. The van der Waals surface area contributed by atoms with Gasteiger partial charge < -0.3 is 19.8 Å². The summed E-state index contributed by atoms with van der Waals surface area (Å²) in [5, 5.41) is 15.2. The number of nitro groups is 1. The summed E-state index contributed by atoms with van der Waals surface area (Å²) in [6.45, 7) is 5.70. The van der Waals surface area contributed by atoms with Gasteiger partial charge in [0.05, 0.1) is 17.5 Å². The fraction of sp³-hybridized carbons (Fsp3) is 0.333. The number of fused-ring (bicyclic) bond motifs is 1. The van der Waals surface area contributed by atoms with E-state index in [9.17, 15) is 14.9 Å². The van der Waals surface area contributed by atoms with Crippen LogP contribution in [0, 0.1) is 10.1 Å². The van der Waals surface area contributed by atoms with Crippen LogP contribution < -0.4 is 5.32 Å². The first kappa shape index (κ1) is 23.6. The highest BCUT2D eigenvalue weighted by Crippen LogP contribution is 2.31. The minimum atomic E-state index is -0.639. The number of nitrogens with one attached hydrogen (secondary N) is 2. The Morgan fingerprint density at radius 3 is 2.74 bits per heavy atom. The summed E-state index contributed by atoms with van der Waals surface area (Å²) in [5.74, 6) is 0.315. The average molecular weight is 485 g/mol. The quantitative estimate of drug-likeness (QED) is 0.376. The lowest BCUT2D eigenvalue weighted by Crippen LogP contribution is -2.48. The molecule has 1 aliphatic rings. The zero-order chi connectivity index (χ0) is 24.5. The number of hydrogen-bond donors (Lipinski definition) is 2. The van der Waals surface area contributed by atoms with Crippen molar-refractivity contribution in [3.05, 3.63) is 74.9 Å². The molecule has 2 atom stereocenters. The Labute approximate surface area is 201 Å². The first-order chi connectivity index (χ1) is 16.1. The molecule has 0 unspecified atom stereocenters. The molecule has 1 aliphatic heterocycles. The van der Waals surface area contributed by atoms with Crippen LogP contribution in [-0.2, 0) is 15.9 Å². The second kappa shape index (κ2) is 9.34. The number of alkyl carbamates (subject to hydrolysis) is 1. The second-order valence-corrected chi connectivity index (χ2v) is 9.51. The van der Waals surface area contributed by atoms with Crippen LogP contribution >= 0.6 is 11.6 Å². The lowest BCUT2D eigenvalue weighted by Gasteiger charge is -2.27. The number of rotatable bonds is 6. The van der Waals surface area contributed by atoms with E-state index >= 15 is 0 Å². The van der Waals surface area contributed by atoms with Crippen molar-refractivity contribution in [1.82, 2.24) is 10.3 Å². The highest BCUT2D eigenvalue weighted by atomic mass is 35.5. The Balaban J connectivity index is 1.55. The molecule has 178 valence electrons. The fourth-order valence-electron chi connectivity index (χ4n) is 3.80. The van der Waals surface area contributed by atoms with Gasteiger partial charge in [-0.15, -0.1) is 0 Å². The summed E-state index contributed by atoms with van der Waals surface area (Å²) in [6.07, 6.45) is -0.476. The summed E-state index contributed by atoms with van der Waals surface area (Å²) in [7, 11) is 0. The van der Waals surface area contributed by atoms with Crippen molar-refractivity contribution in [1.29, 1.82) is 0 Å². The number of hydrogen-bond acceptors (Lipinski definition) is 6. The van der Waals surface area contributed by atoms with E-state index in [-0.39, 0.29) is 10.7 Å². The summed E-state index contributed by atoms with van der Waals surface area (Å²) in [5.41, 5.74) is 1.10. The van der Waals surface area contributed by atoms with Crippen LogP contribution in [0.4, 0.5) is 10.5 Å². The van der Waals surface area contributed by atoms with Gasteiger partial charge in [-0.05, 0) is 44.9 Å². The van der Waals surface area contributed by atoms with Crippen LogP contribution in [0.1, 0.15) is 32.0 Å². The van der Waals surface area contributed by atoms with Crippen LogP contribution in [0.3, 0.4) is 0 Å². The van der Waals surface area contributed by atoms with Gasteiger partial charge in [-0.1, -0.05) is 41.9 Å². The van der Waals surface area contributed by atoms with E-state index in [0.717, 1.165) is 5.56 Å². The first-order valence-electron chi connectivity index (χ1n) is 10.8. The number of aromatic nitrogens is 1. The maximum Gasteiger partial charge on any atom is 0.408 e. The van der Waals surface area contributed by atoms with E-state index in [1.165, 1.54) is 6.07 Å². The van der Waals surface area contributed by atoms with Gasteiger partial charge in [0, 0.05) is 16.5 Å². The monoisotopic (exact) mass is 484 g/mol. The zero-order valence-electron chi connectivity index (χ0n) is 19.0. The van der Waals surface area contributed by atoms with Gasteiger partial charge in [0.1, 0.15) is 22.9 Å². The minimum Gasteiger partial charge on any atom is -0.469 e. The van der Waals surface area contributed by atoms with Crippen molar-refractivity contribution in [2.24, 2.45) is 4.99 Å². The third kappa shape index (κ3) is 5.48. The standard InChI is InChI=1S/C24H25ClN4O5/c1-24(2,3)34-23(30)28-17(9-14-7-5-4-6-8-14)20-13-26-22(33-20)18-11-15-10-16(25)12-19(29(31)32)21(15)27-18/h4-8,10-12,17,20,27H,9,13H2,1-3H3,(H,28,30)/t17-,20+/m0/s1. The number of non-ortho nitro benzene ring substituents is 1. The first-order valence-corrected chi connectivity index (χ1v) is 11.2. The van der Waals surface area contributed by atoms with E-state index < -0.39 is 28.8 Å². The van der Waals surface area contributed by atoms with Crippen molar-refractivity contribution < 1.29 is 19.2 Å². The molecule has 1 amide bonds. The highest BCUT2D eigenvalue weighted by Gasteiger charge is 2.33. The SMILES string of the molecule is CC(C)(C)OC(=O)N[C@@H](Cc1ccccc1)[C@H]1CN=C(c2cc3cc(Cl)cc([N+](=O)[O-])c3[nH]2)O1. The van der Waals surface area contributed by atoms with Crippen LogP contribution in [-0.4, -0.2) is 46.2 Å². The van der Waals surface area contributed by atoms with Crippen LogP contribution in [0.2, 0.25) is 5.02 Å². The molecule has 2 N–H and O–H groups in total. The van der Waals surface area contributed by atoms with Gasteiger partial charge in [-0.3, -0.25) is 10.1 Å². The van der Waals surface area contributed by atoms with Gasteiger partial charge in [0.15, 0.2) is 0 Å². The molecule has 10 heteroatoms. The average Bonchev–Trinajstić information content (AvgIpc) is 3.39. The van der Waals surface area contributed by atoms with Gasteiger partial charge in [0.25, 0.3) is 5.69 Å². The van der Waals surface area contributed by atoms with Gasteiger partial charge in [0.2, 0.25) is 5.90 Å². The third-order valence-electron chi connectivity index (χ3n) is 5.23. The molecular formula is C24H25ClN4O5. The predicted molar refractivity (Wildman–Crippen MR) is 130 cm³/mol. The van der Waals surface area contributed by atoms with E-state index in [1.807, 2.05) is 30.3 Å². The number of amides is 1. The molecule has 0 bridgehead atoms. The van der Waals surface area contributed by atoms with E-state index in [0.29, 0.717) is 35.5 Å². The van der Waals surface area contributed by atoms with Crippen molar-refractivity contribution in [2.75, 3.05) is 6.54 Å². The molecule has 1 aromatic heterocycles. The highest BCUT2D eigenvalue weighted by molar-refractivity contribution is 6.31. The minimum absolute atomic E-state index is 0.127. The fourth-order valence-corrected chi connectivity index (χ4v) is 4.02. The normalized spacial score (nSPS) is 16.6. The molecule has 0 saturated heterocycles. The van der Waals surface area contributed by atoms with E-state index in [4.69, 9.17) is 21.1 Å². The van der Waals surface area contributed by atoms with Crippen molar-refractivity contribution in [3.8, 4) is 0 Å². The smallest absolute Gasteiger partial charge is 0.408 e. The number of ether oxygens (including phenoxy) is 2. The Kier molecular flexibility index (Phi) is 6.47. The number of carbonyl (C=O) groups excluding carboxylic acids is 1. The lowest BCUT2D eigenvalue weighted by molar-refractivity contribution is -0.383. The number of nitro benzene ring substituents is 1. The topological polar surface area (TPSA) is 119 Å². The number of H-pyrrole nitrogens is 1. The van der Waals surface area contributed by atoms with Gasteiger partial charge >= 0.3 is 6.09 Å². The predicted octanol–water partition coefficient (Wildman–Crippen LogP) is 5.01. The largest absolute Gasteiger partial charge is 0.469 e. The maximum absolute atomic E-state index is 12.5. The number of aromatic amines is 1. The summed E-state index contributed by atoms with van der Waals surface area (Å²) < 4.78 is 11.6. The second-order valence-electron chi connectivity index (χ2n) is 9.07. The van der Waals surface area contributed by atoms with Crippen molar-refractivity contribution >= 4 is 40.2 Å². The Morgan fingerprint density at radius 1 is 1.32 bits per heavy atom. The Hall–Kier alpha value is -3.59. The molecule has 34 heavy (non-hydrogen) atoms. The Bertz CT molecular complexity index is 1250. The van der Waals surface area contributed by atoms with Gasteiger partial charge in [-0.2, -0.15) is 0 Å². The van der Waals surface area contributed by atoms with Crippen LogP contribution in [0.15, 0.2) is 53.5 Å². The Morgan fingerprint density at radius 2 is 2.06 bits per heavy atom. The van der Waals surface area contributed by atoms with E-state index in [1.54, 1.807) is 32.9 Å². The molecule has 2 aromatic carbocycles. The molecule has 0 spiro atoms. The van der Waals surface area contributed by atoms with Crippen molar-refractivity contribution in [2.45, 2.75) is 44.9 Å². The molecule has 9 nitrogen and oxygen atoms in total. The zero-order valence-corrected chi connectivity index (χ0v) is 19.8. The number of carbonyl (C=O) groups is 1. The summed E-state index contributed by atoms with van der Waals surface area (Å²) in [6, 6.07) is 14.0. The molecule has 0 fully saturated rings. The van der Waals surface area contributed by atoms with Crippen LogP contribution in [0.25, 0.3) is 10.9 Å². The van der Waals surface area contributed by atoms with Gasteiger partial charge in [-0.25, -0.2) is 9.79 Å². The van der Waals surface area contributed by atoms with Crippen LogP contribution in [0.5, 0.6) is 0 Å². The molecule has 2 heterocycles. The molecule has 4 rings (SSSR count). The van der Waals surface area contributed by atoms with Crippen molar-refractivity contribution in [3.63, 3.8) is 0 Å². The summed E-state index contributed by atoms with van der Waals surface area (Å²) >= 11 is 6.04. The number of benzene rings is 2. The van der Waals surface area contributed by atoms with E-state index in [2.05, 4.69) is 15.3 Å². The number of nitrogens with zero attached hydrogens (tertiary/aromatic N) is 2. The molecule has 0 aliphatic carbocycles. The molecule has 3 aromatic rings. The summed E-state index contributed by atoms with van der Waals surface area (Å²) in [4.78, 5) is 31.0. The molecular weight excluding hydrogens is 460 g/mol. The lowest BCUT2D eigenvalue weighted by atomic mass is 10.0. The number of halogens is 1.